The maximum Gasteiger partial charge on any atom is 0.251 e. The van der Waals surface area contributed by atoms with E-state index in [9.17, 15) is 9.59 Å². The number of benzene rings is 1. The summed E-state index contributed by atoms with van der Waals surface area (Å²) in [6, 6.07) is 10.9. The van der Waals surface area contributed by atoms with E-state index >= 15 is 0 Å². The summed E-state index contributed by atoms with van der Waals surface area (Å²) >= 11 is 1.73. The van der Waals surface area contributed by atoms with Crippen LogP contribution < -0.4 is 10.6 Å². The van der Waals surface area contributed by atoms with Crippen LogP contribution in [0.5, 0.6) is 0 Å². The smallest absolute Gasteiger partial charge is 0.251 e. The van der Waals surface area contributed by atoms with E-state index in [2.05, 4.69) is 10.6 Å². The highest BCUT2D eigenvalue weighted by molar-refractivity contribution is 7.97. The molecule has 2 rings (SSSR count). The lowest BCUT2D eigenvalue weighted by molar-refractivity contribution is -0.120. The SMILES string of the molecule is CSCc1ccc(C(=O)NCC(=O)NCc2ccco2)cc1. The summed E-state index contributed by atoms with van der Waals surface area (Å²) in [5, 5.41) is 5.26. The molecule has 0 saturated heterocycles. The van der Waals surface area contributed by atoms with E-state index < -0.39 is 0 Å². The molecule has 2 N–H and O–H groups in total. The van der Waals surface area contributed by atoms with Gasteiger partial charge in [0, 0.05) is 11.3 Å². The summed E-state index contributed by atoms with van der Waals surface area (Å²) < 4.78 is 5.11. The van der Waals surface area contributed by atoms with Gasteiger partial charge in [0.1, 0.15) is 5.76 Å². The zero-order valence-electron chi connectivity index (χ0n) is 12.3. The molecule has 0 atom stereocenters. The first-order valence-electron chi connectivity index (χ1n) is 6.84. The predicted octanol–water partition coefficient (Wildman–Crippen LogP) is 2.19. The van der Waals surface area contributed by atoms with Gasteiger partial charge in [-0.3, -0.25) is 9.59 Å². The summed E-state index contributed by atoms with van der Waals surface area (Å²) in [6.45, 7) is 0.247. The number of hydrogen-bond acceptors (Lipinski definition) is 4. The third-order valence-electron chi connectivity index (χ3n) is 2.98. The fourth-order valence-corrected chi connectivity index (χ4v) is 2.37. The highest BCUT2D eigenvalue weighted by Crippen LogP contribution is 2.10. The van der Waals surface area contributed by atoms with Crippen molar-refractivity contribution in [2.45, 2.75) is 12.3 Å². The summed E-state index contributed by atoms with van der Waals surface area (Å²) in [6.07, 6.45) is 3.58. The van der Waals surface area contributed by atoms with Gasteiger partial charge in [0.05, 0.1) is 19.4 Å². The van der Waals surface area contributed by atoms with Crippen molar-refractivity contribution in [3.05, 3.63) is 59.5 Å². The van der Waals surface area contributed by atoms with Crippen LogP contribution in [0, 0.1) is 0 Å². The molecule has 0 unspecified atom stereocenters. The Hall–Kier alpha value is -2.21. The van der Waals surface area contributed by atoms with Gasteiger partial charge in [0.25, 0.3) is 5.91 Å². The largest absolute Gasteiger partial charge is 0.467 e. The molecule has 0 fully saturated rings. The highest BCUT2D eigenvalue weighted by Gasteiger charge is 2.08. The second kappa shape index (κ2) is 8.29. The number of thioether (sulfide) groups is 1. The van der Waals surface area contributed by atoms with E-state index in [0.29, 0.717) is 17.9 Å². The molecule has 0 aliphatic heterocycles. The summed E-state index contributed by atoms with van der Waals surface area (Å²) in [5.41, 5.74) is 1.71. The van der Waals surface area contributed by atoms with Crippen molar-refractivity contribution in [3.63, 3.8) is 0 Å². The zero-order valence-corrected chi connectivity index (χ0v) is 13.1. The van der Waals surface area contributed by atoms with Crippen LogP contribution in [0.2, 0.25) is 0 Å². The van der Waals surface area contributed by atoms with Gasteiger partial charge in [-0.1, -0.05) is 12.1 Å². The number of furan rings is 1. The molecular weight excluding hydrogens is 300 g/mol. The van der Waals surface area contributed by atoms with Crippen LogP contribution in [0.1, 0.15) is 21.7 Å². The van der Waals surface area contributed by atoms with Gasteiger partial charge < -0.3 is 15.1 Å². The van der Waals surface area contributed by atoms with Gasteiger partial charge in [-0.2, -0.15) is 11.8 Å². The first-order chi connectivity index (χ1) is 10.7. The number of carbonyl (C=O) groups is 2. The van der Waals surface area contributed by atoms with Crippen molar-refractivity contribution in [1.29, 1.82) is 0 Å². The van der Waals surface area contributed by atoms with Crippen LogP contribution in [0.4, 0.5) is 0 Å². The Morgan fingerprint density at radius 1 is 1.14 bits per heavy atom. The number of carbonyl (C=O) groups excluding carboxylic acids is 2. The van der Waals surface area contributed by atoms with E-state index in [-0.39, 0.29) is 18.4 Å². The lowest BCUT2D eigenvalue weighted by Gasteiger charge is -2.06. The first-order valence-corrected chi connectivity index (χ1v) is 8.23. The fourth-order valence-electron chi connectivity index (χ4n) is 1.84. The molecule has 2 aromatic rings. The van der Waals surface area contributed by atoms with Crippen molar-refractivity contribution in [1.82, 2.24) is 10.6 Å². The summed E-state index contributed by atoms with van der Waals surface area (Å²) in [4.78, 5) is 23.6. The second-order valence-electron chi connectivity index (χ2n) is 4.67. The Bertz CT molecular complexity index is 609. The van der Waals surface area contributed by atoms with Crippen LogP contribution in [0.3, 0.4) is 0 Å². The number of rotatable bonds is 7. The van der Waals surface area contributed by atoms with Crippen molar-refractivity contribution in [2.75, 3.05) is 12.8 Å². The third-order valence-corrected chi connectivity index (χ3v) is 3.60. The molecule has 0 saturated carbocycles. The molecule has 0 spiro atoms. The van der Waals surface area contributed by atoms with Gasteiger partial charge in [-0.25, -0.2) is 0 Å². The number of amides is 2. The lowest BCUT2D eigenvalue weighted by atomic mass is 10.1. The Kier molecular flexibility index (Phi) is 6.09. The third kappa shape index (κ3) is 4.96. The van der Waals surface area contributed by atoms with E-state index in [1.54, 1.807) is 42.3 Å². The maximum absolute atomic E-state index is 11.9. The maximum atomic E-state index is 11.9. The number of hydrogen-bond donors (Lipinski definition) is 2. The van der Waals surface area contributed by atoms with E-state index in [4.69, 9.17) is 4.42 Å². The van der Waals surface area contributed by atoms with Crippen molar-refractivity contribution < 1.29 is 14.0 Å². The normalized spacial score (nSPS) is 10.2. The molecule has 6 heteroatoms. The van der Waals surface area contributed by atoms with E-state index in [1.807, 2.05) is 18.4 Å². The molecule has 5 nitrogen and oxygen atoms in total. The van der Waals surface area contributed by atoms with Gasteiger partial charge in [0.15, 0.2) is 0 Å². The Morgan fingerprint density at radius 3 is 2.55 bits per heavy atom. The summed E-state index contributed by atoms with van der Waals surface area (Å²) in [7, 11) is 0. The van der Waals surface area contributed by atoms with Crippen LogP contribution in [0.25, 0.3) is 0 Å². The topological polar surface area (TPSA) is 71.3 Å². The first kappa shape index (κ1) is 16.2. The van der Waals surface area contributed by atoms with Crippen LogP contribution in [-0.2, 0) is 17.1 Å². The Morgan fingerprint density at radius 2 is 1.91 bits per heavy atom. The molecule has 116 valence electrons. The van der Waals surface area contributed by atoms with Crippen LogP contribution in [0.15, 0.2) is 47.1 Å². The molecule has 22 heavy (non-hydrogen) atoms. The van der Waals surface area contributed by atoms with E-state index in [1.165, 1.54) is 5.56 Å². The van der Waals surface area contributed by atoms with Crippen molar-refractivity contribution in [3.8, 4) is 0 Å². The quantitative estimate of drug-likeness (QED) is 0.821. The fraction of sp³-hybridized carbons (Fsp3) is 0.250. The monoisotopic (exact) mass is 318 g/mol. The number of nitrogens with one attached hydrogen (secondary N) is 2. The minimum absolute atomic E-state index is 0.0634. The van der Waals surface area contributed by atoms with Gasteiger partial charge in [-0.15, -0.1) is 0 Å². The summed E-state index contributed by atoms with van der Waals surface area (Å²) in [5.74, 6) is 1.06. The van der Waals surface area contributed by atoms with Gasteiger partial charge in [-0.05, 0) is 36.1 Å². The molecule has 0 aliphatic carbocycles. The zero-order chi connectivity index (χ0) is 15.8. The molecule has 2 amide bonds. The van der Waals surface area contributed by atoms with Crippen LogP contribution >= 0.6 is 11.8 Å². The minimum atomic E-state index is -0.260. The molecule has 0 aliphatic rings. The van der Waals surface area contributed by atoms with Crippen LogP contribution in [-0.4, -0.2) is 24.6 Å². The van der Waals surface area contributed by atoms with E-state index in [0.717, 1.165) is 5.75 Å². The van der Waals surface area contributed by atoms with Gasteiger partial charge >= 0.3 is 0 Å². The second-order valence-corrected chi connectivity index (χ2v) is 5.53. The Balaban J connectivity index is 1.75. The molecule has 0 bridgehead atoms. The van der Waals surface area contributed by atoms with Crippen molar-refractivity contribution >= 4 is 23.6 Å². The molecule has 1 heterocycles. The van der Waals surface area contributed by atoms with Crippen molar-refractivity contribution in [2.24, 2.45) is 0 Å². The van der Waals surface area contributed by atoms with Gasteiger partial charge in [0.2, 0.25) is 5.91 Å². The Labute approximate surface area is 133 Å². The molecular formula is C16H18N2O3S. The molecule has 1 aromatic carbocycles. The predicted molar refractivity (Wildman–Crippen MR) is 86.5 cm³/mol. The minimum Gasteiger partial charge on any atom is -0.467 e. The standard InChI is InChI=1S/C16H18N2O3S/c1-22-11-12-4-6-13(7-5-12)16(20)18-10-15(19)17-9-14-3-2-8-21-14/h2-8H,9-11H2,1H3,(H,17,19)(H,18,20). The average molecular weight is 318 g/mol. The molecule has 1 aromatic heterocycles. The molecule has 0 radical (unpaired) electrons. The average Bonchev–Trinajstić information content (AvgIpc) is 3.05. The highest BCUT2D eigenvalue weighted by atomic mass is 32.2. The lowest BCUT2D eigenvalue weighted by Crippen LogP contribution is -2.36.